The molecule has 8 nitrogen and oxygen atoms in total. The second-order valence-electron chi connectivity index (χ2n) is 5.77. The largest absolute Gasteiger partial charge is 0.457 e. The van der Waals surface area contributed by atoms with E-state index in [0.29, 0.717) is 0 Å². The molecule has 0 spiro atoms. The molecule has 0 aliphatic rings. The fourth-order valence-electron chi connectivity index (χ4n) is 1.09. The van der Waals surface area contributed by atoms with Crippen molar-refractivity contribution < 1.29 is 19.2 Å². The van der Waals surface area contributed by atoms with E-state index in [-0.39, 0.29) is 16.7 Å². The van der Waals surface area contributed by atoms with Crippen molar-refractivity contribution in [1.82, 2.24) is 9.36 Å². The molecule has 0 atom stereocenters. The number of nitrogens with two attached hydrogens (primary N) is 1. The van der Waals surface area contributed by atoms with Gasteiger partial charge < -0.3 is 15.3 Å². The van der Waals surface area contributed by atoms with Crippen LogP contribution in [0.4, 0.5) is 5.13 Å². The fourth-order valence-corrected chi connectivity index (χ4v) is 1.65. The van der Waals surface area contributed by atoms with E-state index in [1.165, 1.54) is 13.8 Å². The summed E-state index contributed by atoms with van der Waals surface area (Å²) in [7, 11) is 0. The Morgan fingerprint density at radius 1 is 1.27 bits per heavy atom. The molecule has 2 N–H and O–H groups in total. The molecule has 0 radical (unpaired) electrons. The maximum atomic E-state index is 12.0. The second kappa shape index (κ2) is 6.57. The first-order valence-electron chi connectivity index (χ1n) is 6.21. The lowest BCUT2D eigenvalue weighted by Gasteiger charge is -2.26. The summed E-state index contributed by atoms with van der Waals surface area (Å²) in [4.78, 5) is 32.3. The second-order valence-corrected chi connectivity index (χ2v) is 6.90. The van der Waals surface area contributed by atoms with Crippen LogP contribution in [0.5, 0.6) is 0 Å². The van der Waals surface area contributed by atoms with Crippen LogP contribution in [0, 0.1) is 0 Å². The molecule has 0 aliphatic carbocycles. The van der Waals surface area contributed by atoms with Crippen molar-refractivity contribution in [3.63, 3.8) is 0 Å². The Hall–Kier alpha value is -1.74. The first-order valence-corrected chi connectivity index (χ1v) is 7.36. The fraction of sp³-hybridized carbons (Fsp3) is 0.583. The van der Waals surface area contributed by atoms with E-state index in [9.17, 15) is 9.59 Å². The summed E-state index contributed by atoms with van der Waals surface area (Å²) >= 11 is 6.30. The van der Waals surface area contributed by atoms with E-state index in [0.717, 1.165) is 11.5 Å². The number of aromatic nitrogens is 2. The Kier molecular flexibility index (Phi) is 5.47. The van der Waals surface area contributed by atoms with Gasteiger partial charge in [0.15, 0.2) is 5.13 Å². The smallest absolute Gasteiger partial charge is 0.353 e. The zero-order valence-corrected chi connectivity index (χ0v) is 14.4. The van der Waals surface area contributed by atoms with Gasteiger partial charge in [-0.2, -0.15) is 9.36 Å². The number of oxime groups is 1. The van der Waals surface area contributed by atoms with Gasteiger partial charge in [0.25, 0.3) is 5.24 Å². The van der Waals surface area contributed by atoms with Crippen LogP contribution < -0.4 is 5.73 Å². The van der Waals surface area contributed by atoms with Crippen molar-refractivity contribution in [2.75, 3.05) is 5.73 Å². The predicted octanol–water partition coefficient (Wildman–Crippen LogP) is 1.73. The third kappa shape index (κ3) is 5.23. The minimum absolute atomic E-state index is 0.0671. The Morgan fingerprint density at radius 2 is 1.86 bits per heavy atom. The van der Waals surface area contributed by atoms with E-state index < -0.39 is 22.4 Å². The SMILES string of the molecule is CC(C)(C)OC(=O)C(C)(C)O/N=C(/C(=O)Cl)c1nsc(N)n1. The quantitative estimate of drug-likeness (QED) is 0.372. The number of carbonyl (C=O) groups excluding carboxylic acids is 2. The van der Waals surface area contributed by atoms with Gasteiger partial charge in [0, 0.05) is 11.5 Å². The number of hydrogen-bond acceptors (Lipinski definition) is 9. The number of rotatable bonds is 5. The molecule has 0 aliphatic heterocycles. The number of carbonyl (C=O) groups is 2. The number of halogens is 1. The summed E-state index contributed by atoms with van der Waals surface area (Å²) in [6.07, 6.45) is 0. The number of hydrogen-bond donors (Lipinski definition) is 1. The first kappa shape index (κ1) is 18.3. The van der Waals surface area contributed by atoms with E-state index in [1.807, 2.05) is 0 Å². The Labute approximate surface area is 136 Å². The predicted molar refractivity (Wildman–Crippen MR) is 82.7 cm³/mol. The van der Waals surface area contributed by atoms with Crippen LogP contribution in [-0.2, 0) is 19.2 Å². The van der Waals surface area contributed by atoms with Crippen molar-refractivity contribution in [2.45, 2.75) is 45.8 Å². The Balaban J connectivity index is 2.94. The van der Waals surface area contributed by atoms with Gasteiger partial charge in [0.2, 0.25) is 17.1 Å². The van der Waals surface area contributed by atoms with E-state index >= 15 is 0 Å². The molecule has 122 valence electrons. The highest BCUT2D eigenvalue weighted by Gasteiger charge is 2.36. The zero-order chi connectivity index (χ0) is 17.1. The van der Waals surface area contributed by atoms with Gasteiger partial charge in [-0.1, -0.05) is 5.16 Å². The third-order valence-electron chi connectivity index (χ3n) is 2.10. The van der Waals surface area contributed by atoms with Crippen molar-refractivity contribution >= 4 is 45.2 Å². The van der Waals surface area contributed by atoms with Gasteiger partial charge in [0.05, 0.1) is 0 Å². The van der Waals surface area contributed by atoms with E-state index in [1.54, 1.807) is 20.8 Å². The number of anilines is 1. The highest BCUT2D eigenvalue weighted by molar-refractivity contribution is 7.09. The molecular formula is C12H17ClN4O4S. The van der Waals surface area contributed by atoms with Crippen molar-refractivity contribution in [1.29, 1.82) is 0 Å². The molecular weight excluding hydrogens is 332 g/mol. The molecule has 0 aromatic carbocycles. The normalized spacial score (nSPS) is 12.9. The molecule has 0 bridgehead atoms. The lowest BCUT2D eigenvalue weighted by atomic mass is 10.1. The maximum Gasteiger partial charge on any atom is 0.353 e. The van der Waals surface area contributed by atoms with Crippen LogP contribution in [0.1, 0.15) is 40.4 Å². The summed E-state index contributed by atoms with van der Waals surface area (Å²) in [6.45, 7) is 8.06. The van der Waals surface area contributed by atoms with Crippen molar-refractivity contribution in [3.8, 4) is 0 Å². The van der Waals surface area contributed by atoms with Crippen molar-refractivity contribution in [2.24, 2.45) is 5.16 Å². The van der Waals surface area contributed by atoms with Crippen LogP contribution in [-0.4, -0.2) is 37.5 Å². The molecule has 1 aromatic heterocycles. The minimum Gasteiger partial charge on any atom is -0.457 e. The zero-order valence-electron chi connectivity index (χ0n) is 12.8. The molecule has 0 saturated heterocycles. The van der Waals surface area contributed by atoms with E-state index in [2.05, 4.69) is 14.5 Å². The van der Waals surface area contributed by atoms with Gasteiger partial charge in [-0.3, -0.25) is 4.79 Å². The molecule has 1 heterocycles. The lowest BCUT2D eigenvalue weighted by Crippen LogP contribution is -2.40. The van der Waals surface area contributed by atoms with Crippen LogP contribution in [0.15, 0.2) is 5.16 Å². The highest BCUT2D eigenvalue weighted by atomic mass is 35.5. The molecule has 0 saturated carbocycles. The van der Waals surface area contributed by atoms with Crippen LogP contribution in [0.3, 0.4) is 0 Å². The number of ether oxygens (including phenoxy) is 1. The number of nitrogen functional groups attached to an aromatic ring is 1. The first-order chi connectivity index (χ1) is 9.92. The Morgan fingerprint density at radius 3 is 2.27 bits per heavy atom. The monoisotopic (exact) mass is 348 g/mol. The summed E-state index contributed by atoms with van der Waals surface area (Å²) in [5, 5.41) is 2.80. The van der Waals surface area contributed by atoms with Crippen molar-refractivity contribution in [3.05, 3.63) is 5.82 Å². The number of esters is 1. The molecule has 0 amide bonds. The van der Waals surface area contributed by atoms with Gasteiger partial charge in [-0.05, 0) is 46.2 Å². The average Bonchev–Trinajstić information content (AvgIpc) is 2.73. The Bertz CT molecular complexity index is 607. The van der Waals surface area contributed by atoms with Crippen LogP contribution in [0.25, 0.3) is 0 Å². The van der Waals surface area contributed by atoms with Gasteiger partial charge in [-0.15, -0.1) is 0 Å². The van der Waals surface area contributed by atoms with E-state index in [4.69, 9.17) is 26.9 Å². The molecule has 0 fully saturated rings. The molecule has 22 heavy (non-hydrogen) atoms. The standard InChI is InChI=1S/C12H17ClN4O4S/c1-11(2,3)20-9(19)12(4,5)21-16-6(7(13)18)8-15-10(14)22-17-8/h1-5H3,(H2,14,15,17)/b16-6-. The molecule has 10 heteroatoms. The minimum atomic E-state index is -1.42. The lowest BCUT2D eigenvalue weighted by molar-refractivity contribution is -0.179. The van der Waals surface area contributed by atoms with Gasteiger partial charge >= 0.3 is 5.97 Å². The molecule has 1 aromatic rings. The molecule has 0 unspecified atom stereocenters. The summed E-state index contributed by atoms with van der Waals surface area (Å²) in [6, 6.07) is 0. The maximum absolute atomic E-state index is 12.0. The summed E-state index contributed by atoms with van der Waals surface area (Å²) < 4.78 is 9.02. The number of nitrogens with zero attached hydrogens (tertiary/aromatic N) is 3. The average molecular weight is 349 g/mol. The summed E-state index contributed by atoms with van der Waals surface area (Å²) in [5.74, 6) is -0.710. The third-order valence-corrected chi connectivity index (χ3v) is 2.82. The van der Waals surface area contributed by atoms with Crippen LogP contribution in [0.2, 0.25) is 0 Å². The van der Waals surface area contributed by atoms with Crippen LogP contribution >= 0.6 is 23.1 Å². The topological polar surface area (TPSA) is 117 Å². The molecule has 1 rings (SSSR count). The highest BCUT2D eigenvalue weighted by Crippen LogP contribution is 2.18. The van der Waals surface area contributed by atoms with Gasteiger partial charge in [0.1, 0.15) is 5.60 Å². The summed E-state index contributed by atoms with van der Waals surface area (Å²) in [5.41, 5.74) is 2.99. The van der Waals surface area contributed by atoms with Gasteiger partial charge in [-0.25, -0.2) is 4.79 Å².